The number of carbonyl (C=O) groups excluding carboxylic acids is 3. The minimum Gasteiger partial charge on any atom is -0.462 e. The van der Waals surface area contributed by atoms with Crippen LogP contribution in [0.2, 0.25) is 0 Å². The zero-order valence-electron chi connectivity index (χ0n) is 13.9. The standard InChI is InChI=1S/C19H15IN2O4/c1-2-26-19(25)13-6-8-15(9-7-13)22-18(24)16(17(23)21-22)11-12-4-3-5-14(20)10-12/h3-11H,2H2,1H3,(H,21,23). The van der Waals surface area contributed by atoms with Crippen LogP contribution >= 0.6 is 22.6 Å². The summed E-state index contributed by atoms with van der Waals surface area (Å²) in [5.74, 6) is -1.35. The molecular weight excluding hydrogens is 447 g/mol. The predicted octanol–water partition coefficient (Wildman–Crippen LogP) is 2.93. The molecule has 1 heterocycles. The van der Waals surface area contributed by atoms with Crippen molar-refractivity contribution in [2.45, 2.75) is 6.92 Å². The Morgan fingerprint density at radius 3 is 2.58 bits per heavy atom. The van der Waals surface area contributed by atoms with Crippen molar-refractivity contribution < 1.29 is 19.1 Å². The number of nitrogens with one attached hydrogen (secondary N) is 1. The molecule has 2 aromatic carbocycles. The summed E-state index contributed by atoms with van der Waals surface area (Å²) in [6.07, 6.45) is 1.56. The maximum absolute atomic E-state index is 12.6. The Hall–Kier alpha value is -2.68. The van der Waals surface area contributed by atoms with Gasteiger partial charge in [-0.1, -0.05) is 12.1 Å². The van der Waals surface area contributed by atoms with Gasteiger partial charge in [-0.2, -0.15) is 0 Å². The summed E-state index contributed by atoms with van der Waals surface area (Å²) in [5.41, 5.74) is 4.21. The van der Waals surface area contributed by atoms with Crippen molar-refractivity contribution >= 4 is 52.1 Å². The predicted molar refractivity (Wildman–Crippen MR) is 105 cm³/mol. The first kappa shape index (κ1) is 18.1. The molecule has 1 saturated heterocycles. The van der Waals surface area contributed by atoms with E-state index in [0.29, 0.717) is 11.3 Å². The highest BCUT2D eigenvalue weighted by molar-refractivity contribution is 14.1. The maximum Gasteiger partial charge on any atom is 0.338 e. The topological polar surface area (TPSA) is 75.7 Å². The van der Waals surface area contributed by atoms with Crippen LogP contribution < -0.4 is 10.4 Å². The lowest BCUT2D eigenvalue weighted by atomic mass is 10.1. The van der Waals surface area contributed by atoms with E-state index in [2.05, 4.69) is 28.0 Å². The van der Waals surface area contributed by atoms with Crippen molar-refractivity contribution in [1.82, 2.24) is 5.43 Å². The lowest BCUT2D eigenvalue weighted by Gasteiger charge is -2.14. The van der Waals surface area contributed by atoms with Gasteiger partial charge in [0.15, 0.2) is 0 Å². The number of amides is 2. The Balaban J connectivity index is 1.84. The number of carbonyl (C=O) groups is 3. The lowest BCUT2D eigenvalue weighted by Crippen LogP contribution is -2.35. The summed E-state index contributed by atoms with van der Waals surface area (Å²) in [4.78, 5) is 36.5. The van der Waals surface area contributed by atoms with Crippen LogP contribution in [0.1, 0.15) is 22.8 Å². The van der Waals surface area contributed by atoms with E-state index in [4.69, 9.17) is 4.74 Å². The van der Waals surface area contributed by atoms with Crippen molar-refractivity contribution in [3.05, 3.63) is 68.8 Å². The third kappa shape index (κ3) is 3.77. The summed E-state index contributed by atoms with van der Waals surface area (Å²) < 4.78 is 5.93. The van der Waals surface area contributed by atoms with E-state index < -0.39 is 17.8 Å². The molecule has 7 heteroatoms. The van der Waals surface area contributed by atoms with Crippen LogP contribution in [0.25, 0.3) is 6.08 Å². The second kappa shape index (κ2) is 7.69. The highest BCUT2D eigenvalue weighted by atomic mass is 127. The fourth-order valence-corrected chi connectivity index (χ4v) is 3.03. The Morgan fingerprint density at radius 2 is 1.92 bits per heavy atom. The molecule has 132 valence electrons. The largest absolute Gasteiger partial charge is 0.462 e. The summed E-state index contributed by atoms with van der Waals surface area (Å²) in [7, 11) is 0. The van der Waals surface area contributed by atoms with Gasteiger partial charge < -0.3 is 4.74 Å². The summed E-state index contributed by atoms with van der Waals surface area (Å²) in [6, 6.07) is 13.8. The number of hydrogen-bond acceptors (Lipinski definition) is 4. The number of hydrazine groups is 1. The monoisotopic (exact) mass is 462 g/mol. The van der Waals surface area contributed by atoms with E-state index in [1.807, 2.05) is 24.3 Å². The van der Waals surface area contributed by atoms with Gasteiger partial charge in [0.2, 0.25) is 0 Å². The van der Waals surface area contributed by atoms with Crippen molar-refractivity contribution in [3.63, 3.8) is 0 Å². The molecule has 0 bridgehead atoms. The summed E-state index contributed by atoms with van der Waals surface area (Å²) in [6.45, 7) is 2.01. The molecule has 2 amide bonds. The molecular formula is C19H15IN2O4. The van der Waals surface area contributed by atoms with Crippen molar-refractivity contribution in [1.29, 1.82) is 0 Å². The van der Waals surface area contributed by atoms with E-state index in [-0.39, 0.29) is 12.2 Å². The van der Waals surface area contributed by atoms with Crippen LogP contribution in [0, 0.1) is 3.57 Å². The number of halogens is 1. The first-order valence-electron chi connectivity index (χ1n) is 7.89. The molecule has 0 aliphatic carbocycles. The normalized spacial score (nSPS) is 15.3. The van der Waals surface area contributed by atoms with Crippen LogP contribution in [-0.4, -0.2) is 24.4 Å². The Morgan fingerprint density at radius 1 is 1.19 bits per heavy atom. The van der Waals surface area contributed by atoms with Gasteiger partial charge in [-0.25, -0.2) is 9.80 Å². The van der Waals surface area contributed by atoms with Gasteiger partial charge in [0.25, 0.3) is 11.8 Å². The van der Waals surface area contributed by atoms with E-state index in [0.717, 1.165) is 14.1 Å². The third-order valence-electron chi connectivity index (χ3n) is 3.69. The first-order chi connectivity index (χ1) is 12.5. The molecule has 0 spiro atoms. The fraction of sp³-hybridized carbons (Fsp3) is 0.105. The molecule has 0 atom stereocenters. The molecule has 0 unspecified atom stereocenters. The van der Waals surface area contributed by atoms with Gasteiger partial charge in [-0.3, -0.25) is 15.0 Å². The molecule has 1 N–H and O–H groups in total. The third-order valence-corrected chi connectivity index (χ3v) is 4.36. The molecule has 26 heavy (non-hydrogen) atoms. The maximum atomic E-state index is 12.6. The average Bonchev–Trinajstić information content (AvgIpc) is 2.90. The first-order valence-corrected chi connectivity index (χ1v) is 8.97. The number of benzene rings is 2. The molecule has 2 aromatic rings. The molecule has 1 fully saturated rings. The van der Waals surface area contributed by atoms with Gasteiger partial charge in [-0.05, 0) is 77.6 Å². The molecule has 0 saturated carbocycles. The highest BCUT2D eigenvalue weighted by Crippen LogP contribution is 2.22. The summed E-state index contributed by atoms with van der Waals surface area (Å²) >= 11 is 2.17. The molecule has 6 nitrogen and oxygen atoms in total. The van der Waals surface area contributed by atoms with E-state index in [1.54, 1.807) is 37.3 Å². The van der Waals surface area contributed by atoms with E-state index in [9.17, 15) is 14.4 Å². The van der Waals surface area contributed by atoms with E-state index >= 15 is 0 Å². The van der Waals surface area contributed by atoms with Crippen molar-refractivity contribution in [3.8, 4) is 0 Å². The Kier molecular flexibility index (Phi) is 5.36. The van der Waals surface area contributed by atoms with Crippen LogP contribution in [0.15, 0.2) is 54.1 Å². The van der Waals surface area contributed by atoms with E-state index in [1.165, 1.54) is 0 Å². The van der Waals surface area contributed by atoms with Crippen LogP contribution in [0.3, 0.4) is 0 Å². The lowest BCUT2D eigenvalue weighted by molar-refractivity contribution is -0.117. The molecule has 1 aliphatic heterocycles. The van der Waals surface area contributed by atoms with Crippen molar-refractivity contribution in [2.75, 3.05) is 11.6 Å². The molecule has 0 radical (unpaired) electrons. The average molecular weight is 462 g/mol. The zero-order chi connectivity index (χ0) is 18.7. The van der Waals surface area contributed by atoms with Gasteiger partial charge in [0, 0.05) is 3.57 Å². The Bertz CT molecular complexity index is 906. The Labute approximate surface area is 163 Å². The minimum absolute atomic E-state index is 0.0569. The smallest absolute Gasteiger partial charge is 0.338 e. The SMILES string of the molecule is CCOC(=O)c1ccc(N2NC(=O)C(=Cc3cccc(I)c3)C2=O)cc1. The summed E-state index contributed by atoms with van der Waals surface area (Å²) in [5, 5.41) is 1.16. The van der Waals surface area contributed by atoms with Gasteiger partial charge in [0.1, 0.15) is 5.57 Å². The minimum atomic E-state index is -0.469. The number of anilines is 1. The van der Waals surface area contributed by atoms with Gasteiger partial charge in [-0.15, -0.1) is 0 Å². The number of hydrogen-bond donors (Lipinski definition) is 1. The number of esters is 1. The van der Waals surface area contributed by atoms with Crippen LogP contribution in [-0.2, 0) is 14.3 Å². The number of nitrogens with zero attached hydrogens (tertiary/aromatic N) is 1. The molecule has 1 aliphatic rings. The second-order valence-electron chi connectivity index (χ2n) is 5.46. The van der Waals surface area contributed by atoms with Gasteiger partial charge >= 0.3 is 5.97 Å². The highest BCUT2D eigenvalue weighted by Gasteiger charge is 2.34. The second-order valence-corrected chi connectivity index (χ2v) is 6.71. The zero-order valence-corrected chi connectivity index (χ0v) is 16.0. The number of ether oxygens (including phenoxy) is 1. The quantitative estimate of drug-likeness (QED) is 0.328. The fourth-order valence-electron chi connectivity index (χ4n) is 2.46. The molecule has 0 aromatic heterocycles. The van der Waals surface area contributed by atoms with Gasteiger partial charge in [0.05, 0.1) is 17.9 Å². The van der Waals surface area contributed by atoms with Crippen LogP contribution in [0.4, 0.5) is 5.69 Å². The van der Waals surface area contributed by atoms with Crippen LogP contribution in [0.5, 0.6) is 0 Å². The number of rotatable bonds is 4. The van der Waals surface area contributed by atoms with Crippen molar-refractivity contribution in [2.24, 2.45) is 0 Å². The molecule has 3 rings (SSSR count).